The summed E-state index contributed by atoms with van der Waals surface area (Å²) in [5.74, 6) is -0.528. The number of aryl methyl sites for hydroxylation is 3. The Hall–Kier alpha value is -6.53. The van der Waals surface area contributed by atoms with Crippen molar-refractivity contribution in [3.8, 4) is 0 Å². The number of nitrogens with zero attached hydrogens (tertiary/aromatic N) is 7. The van der Waals surface area contributed by atoms with Gasteiger partial charge in [-0.1, -0.05) is 281 Å². The number of benzene rings is 8. The molecule has 8 aromatic rings. The summed E-state index contributed by atoms with van der Waals surface area (Å²) in [6.07, 6.45) is 3.48. The summed E-state index contributed by atoms with van der Waals surface area (Å²) in [5, 5.41) is 30.5. The summed E-state index contributed by atoms with van der Waals surface area (Å²) in [6.45, 7) is 19.4. The number of hydrogen-bond acceptors (Lipinski definition) is 14. The van der Waals surface area contributed by atoms with Crippen LogP contribution in [0.15, 0.2) is 224 Å². The Morgan fingerprint density at radius 2 is 0.564 bits per heavy atom. The van der Waals surface area contributed by atoms with E-state index in [0.717, 1.165) is 72.7 Å². The molecule has 0 saturated heterocycles. The van der Waals surface area contributed by atoms with Gasteiger partial charge in [-0.2, -0.15) is 0 Å². The van der Waals surface area contributed by atoms with Crippen LogP contribution in [0.3, 0.4) is 0 Å². The number of hydrogen-bond donors (Lipinski definition) is 0. The summed E-state index contributed by atoms with van der Waals surface area (Å²) in [5.41, 5.74) is 16.2. The van der Waals surface area contributed by atoms with Crippen LogP contribution in [-0.4, -0.2) is 84.4 Å². The average molecular weight is 1430 g/mol. The summed E-state index contributed by atoms with van der Waals surface area (Å²) >= 11 is 5.75. The van der Waals surface area contributed by atoms with Crippen LogP contribution < -0.4 is 0 Å². The Bertz CT molecular complexity index is 3280. The maximum absolute atomic E-state index is 13.1. The molecule has 0 radical (unpaired) electrons. The highest BCUT2D eigenvalue weighted by Gasteiger charge is 2.05. The number of rotatable bonds is 21. The van der Waals surface area contributed by atoms with E-state index in [0.29, 0.717) is 55.7 Å². The normalized spacial score (nSPS) is 11.5. The molecule has 0 fully saturated rings. The molecule has 0 heterocycles. The van der Waals surface area contributed by atoms with Gasteiger partial charge in [-0.25, -0.2) is 8.78 Å². The van der Waals surface area contributed by atoms with E-state index in [1.54, 1.807) is 37.3 Å². The molecule has 14 nitrogen and oxygen atoms in total. The third kappa shape index (κ3) is 35.8. The Labute approximate surface area is 576 Å². The van der Waals surface area contributed by atoms with Crippen LogP contribution in [0.5, 0.6) is 0 Å². The zero-order valence-corrected chi connectivity index (χ0v) is 63.9. The molecule has 8 aromatic carbocycles. The van der Waals surface area contributed by atoms with E-state index in [4.69, 9.17) is 45.5 Å². The van der Waals surface area contributed by atoms with Crippen molar-refractivity contribution in [2.75, 3.05) is 44.4 Å². The molecule has 0 spiro atoms. The predicted molar refractivity (Wildman–Crippen MR) is 417 cm³/mol. The molecule has 0 amide bonds. The van der Waals surface area contributed by atoms with Crippen molar-refractivity contribution >= 4 is 127 Å². The van der Waals surface area contributed by atoms with Crippen LogP contribution in [0.25, 0.3) is 10.8 Å². The van der Waals surface area contributed by atoms with E-state index in [-0.39, 0.29) is 11.6 Å². The standard InChI is InChI=1S/C13H14NOP.3C10H14NOP.C9H11ClNOP.2C9H11FNOP/c1-10(14-15-9-16)12-7-6-11-4-2-3-5-13(11)8-12;3*1-8-3-5-10(6-4-8)9(2)11-12-7-13;2*1-7(11-12-6-13)8-2-4-9(10)5-3-8;1-7(11-12-6-13)8-4-2-3-5-9(8)10/h2-8H,9,16H2,1H3;3*3-6H,7,13H2,1-2H3;3*2-5H,6,13H2,1H3/b14-10+;3*11-9+;3*11-7+. The maximum atomic E-state index is 13.1. The van der Waals surface area contributed by atoms with Gasteiger partial charge in [-0.05, 0) is 150 Å². The lowest BCUT2D eigenvalue weighted by atomic mass is 10.0. The second-order valence-corrected chi connectivity index (χ2v) is 22.2. The highest BCUT2D eigenvalue weighted by molar-refractivity contribution is 7.17. The lowest BCUT2D eigenvalue weighted by Crippen LogP contribution is -1.99. The van der Waals surface area contributed by atoms with E-state index in [9.17, 15) is 8.78 Å². The Morgan fingerprint density at radius 3 is 0.883 bits per heavy atom. The molecule has 7 atom stereocenters. The van der Waals surface area contributed by atoms with E-state index in [2.05, 4.69) is 188 Å². The minimum Gasteiger partial charge on any atom is -0.392 e. The minimum atomic E-state index is -0.281. The molecule has 0 aliphatic heterocycles. The first-order valence-corrected chi connectivity index (χ1v) is 35.4. The van der Waals surface area contributed by atoms with Crippen LogP contribution in [-0.2, 0) is 33.9 Å². The maximum Gasteiger partial charge on any atom is 0.132 e. The van der Waals surface area contributed by atoms with Gasteiger partial charge < -0.3 is 33.9 Å². The number of oxime groups is 7. The van der Waals surface area contributed by atoms with Crippen molar-refractivity contribution in [2.45, 2.75) is 69.2 Å². The monoisotopic (exact) mass is 1430 g/mol. The molecule has 0 aliphatic carbocycles. The molecule has 0 aliphatic rings. The summed E-state index contributed by atoms with van der Waals surface area (Å²) in [4.78, 5) is 34.3. The molecule has 0 aromatic heterocycles. The van der Waals surface area contributed by atoms with Crippen molar-refractivity contribution < 1.29 is 42.6 Å². The summed E-state index contributed by atoms with van der Waals surface area (Å²) < 4.78 is 25.7. The van der Waals surface area contributed by atoms with Crippen molar-refractivity contribution in [3.63, 3.8) is 0 Å². The average Bonchev–Trinajstić information content (AvgIpc) is 0.915. The molecule has 0 saturated carbocycles. The van der Waals surface area contributed by atoms with Crippen molar-refractivity contribution in [2.24, 2.45) is 36.1 Å². The predicted octanol–water partition coefficient (Wildman–Crippen LogP) is 18.8. The first kappa shape index (κ1) is 83.6. The largest absolute Gasteiger partial charge is 0.392 e. The quantitative estimate of drug-likeness (QED) is 0.0395. The minimum absolute atomic E-state index is 0.247. The number of fused-ring (bicyclic) bond motifs is 1. The summed E-state index contributed by atoms with van der Waals surface area (Å²) in [7, 11) is 17.1. The zero-order chi connectivity index (χ0) is 69.5. The van der Waals surface area contributed by atoms with Gasteiger partial charge in [0.1, 0.15) is 56.1 Å². The lowest BCUT2D eigenvalue weighted by molar-refractivity contribution is 0.196. The Balaban J connectivity index is 0.000000374. The van der Waals surface area contributed by atoms with E-state index in [1.165, 1.54) is 45.7 Å². The summed E-state index contributed by atoms with van der Waals surface area (Å²) in [6, 6.07) is 59.3. The first-order chi connectivity index (χ1) is 45.2. The Kier molecular flexibility index (Phi) is 45.2. The van der Waals surface area contributed by atoms with Crippen LogP contribution in [0, 0.1) is 32.4 Å². The van der Waals surface area contributed by atoms with Crippen LogP contribution in [0.2, 0.25) is 5.02 Å². The fraction of sp³-hybridized carbons (Fsp3) is 0.243. The van der Waals surface area contributed by atoms with Gasteiger partial charge in [0.05, 0.1) is 40.0 Å². The zero-order valence-electron chi connectivity index (χ0n) is 55.0. The topological polar surface area (TPSA) is 151 Å². The van der Waals surface area contributed by atoms with E-state index < -0.39 is 0 Å². The second-order valence-electron chi connectivity index (χ2n) is 19.5. The first-order valence-electron chi connectivity index (χ1n) is 29.3. The molecule has 0 N–H and O–H groups in total. The van der Waals surface area contributed by atoms with E-state index >= 15 is 0 Å². The molecule has 0 bridgehead atoms. The number of halogens is 3. The van der Waals surface area contributed by atoms with Gasteiger partial charge in [0, 0.05) is 10.6 Å². The fourth-order valence-electron chi connectivity index (χ4n) is 7.24. The van der Waals surface area contributed by atoms with Crippen molar-refractivity contribution in [1.82, 2.24) is 0 Å². The van der Waals surface area contributed by atoms with Crippen LogP contribution in [0.1, 0.15) is 104 Å². The lowest BCUT2D eigenvalue weighted by Gasteiger charge is -2.03. The molecule has 7 unspecified atom stereocenters. The molecule has 94 heavy (non-hydrogen) atoms. The third-order valence-electron chi connectivity index (χ3n) is 12.3. The molecular formula is C70H89ClF2N7O7P7. The van der Waals surface area contributed by atoms with Gasteiger partial charge in [0.25, 0.3) is 0 Å². The fourth-order valence-corrected chi connectivity index (χ4v) is 7.89. The Morgan fingerprint density at radius 1 is 0.309 bits per heavy atom. The highest BCUT2D eigenvalue weighted by Crippen LogP contribution is 2.17. The SMILES string of the molecule is C/C(=N\OCP)c1ccc(C)cc1.C/C(=N\OCP)c1ccc(C)cc1.C/C(=N\OCP)c1ccc(C)cc1.C/C(=N\OCP)c1ccc(Cl)cc1.C/C(=N\OCP)c1ccc(F)cc1.C/C(=N\OCP)c1ccc2ccccc2c1.C/C(=N\OCP)c1ccccc1F. The van der Waals surface area contributed by atoms with Gasteiger partial charge >= 0.3 is 0 Å². The van der Waals surface area contributed by atoms with Crippen molar-refractivity contribution in [3.05, 3.63) is 260 Å². The highest BCUT2D eigenvalue weighted by atomic mass is 35.5. The van der Waals surface area contributed by atoms with Gasteiger partial charge in [-0.3, -0.25) is 0 Å². The van der Waals surface area contributed by atoms with Crippen molar-refractivity contribution in [1.29, 1.82) is 0 Å². The van der Waals surface area contributed by atoms with Gasteiger partial charge in [0.15, 0.2) is 0 Å². The molecular weight excluding hydrogens is 1340 g/mol. The van der Waals surface area contributed by atoms with E-state index in [1.807, 2.05) is 114 Å². The third-order valence-corrected chi connectivity index (χ3v) is 13.6. The van der Waals surface area contributed by atoms with Crippen LogP contribution in [0.4, 0.5) is 8.78 Å². The van der Waals surface area contributed by atoms with Gasteiger partial charge in [0.2, 0.25) is 0 Å². The second kappa shape index (κ2) is 50.8. The molecule has 8 rings (SSSR count). The van der Waals surface area contributed by atoms with Gasteiger partial charge in [-0.15, -0.1) is 0 Å². The van der Waals surface area contributed by atoms with Crippen LogP contribution >= 0.6 is 76.3 Å². The smallest absolute Gasteiger partial charge is 0.132 e. The molecule has 24 heteroatoms. The molecule has 502 valence electrons.